The number of piperidine rings is 1. The van der Waals surface area contributed by atoms with E-state index in [-0.39, 0.29) is 17.9 Å². The van der Waals surface area contributed by atoms with Gasteiger partial charge in [0.2, 0.25) is 0 Å². The molecule has 3 aromatic carbocycles. The van der Waals surface area contributed by atoms with Gasteiger partial charge in [-0.25, -0.2) is 4.98 Å². The number of alkyl halides is 3. The average Bonchev–Trinajstić information content (AvgIpc) is 3.87. The maximum Gasteiger partial charge on any atom is 0.435 e. The first-order valence-electron chi connectivity index (χ1n) is 17.6. The van der Waals surface area contributed by atoms with Gasteiger partial charge >= 0.3 is 6.18 Å². The first-order valence-corrected chi connectivity index (χ1v) is 18.4. The molecule has 0 saturated carbocycles. The number of hydrogen-bond acceptors (Lipinski definition) is 5. The number of aromatic nitrogens is 3. The van der Waals surface area contributed by atoms with E-state index < -0.39 is 11.9 Å². The molecular formula is C40H40F3N5OS. The Morgan fingerprint density at radius 3 is 2.52 bits per heavy atom. The minimum atomic E-state index is -4.46. The molecule has 1 saturated heterocycles. The summed E-state index contributed by atoms with van der Waals surface area (Å²) in [6.07, 6.45) is 1.86. The summed E-state index contributed by atoms with van der Waals surface area (Å²) in [6, 6.07) is 22.5. The van der Waals surface area contributed by atoms with Gasteiger partial charge in [-0.1, -0.05) is 60.7 Å². The fraction of sp³-hybridized carbons (Fsp3) is 0.375. The van der Waals surface area contributed by atoms with Crippen molar-refractivity contribution < 1.29 is 18.0 Å². The van der Waals surface area contributed by atoms with Crippen molar-refractivity contribution in [3.8, 4) is 11.1 Å². The molecule has 1 aliphatic heterocycles. The summed E-state index contributed by atoms with van der Waals surface area (Å²) in [7, 11) is 1.91. The van der Waals surface area contributed by atoms with Crippen molar-refractivity contribution in [2.45, 2.75) is 76.6 Å². The lowest BCUT2D eigenvalue weighted by Gasteiger charge is -2.36. The van der Waals surface area contributed by atoms with Crippen LogP contribution in [-0.2, 0) is 32.0 Å². The molecule has 10 heteroatoms. The van der Waals surface area contributed by atoms with Crippen LogP contribution < -0.4 is 4.90 Å². The molecule has 5 aromatic rings. The Kier molecular flexibility index (Phi) is 8.53. The number of hydrogen-bond donors (Lipinski definition) is 0. The van der Waals surface area contributed by atoms with E-state index in [1.54, 1.807) is 18.3 Å². The monoisotopic (exact) mass is 695 g/mol. The minimum absolute atomic E-state index is 0.0227. The number of carbonyl (C=O) groups is 1. The van der Waals surface area contributed by atoms with Crippen LogP contribution in [0.15, 0.2) is 72.1 Å². The SMILES string of the molecule is Cc1cc(C(F)(F)F)nn1CCc1ccc2c(c1N1CCC(c3nc(C(=O)N(C)C4CCCc5ccccc54)cs3)CC1)Cc1ccccc1-2. The van der Waals surface area contributed by atoms with Gasteiger partial charge in [0.05, 0.1) is 11.0 Å². The molecule has 50 heavy (non-hydrogen) atoms. The van der Waals surface area contributed by atoms with Crippen LogP contribution in [0.4, 0.5) is 18.9 Å². The van der Waals surface area contributed by atoms with E-state index in [0.29, 0.717) is 24.4 Å². The summed E-state index contributed by atoms with van der Waals surface area (Å²) in [4.78, 5) is 22.9. The zero-order valence-corrected chi connectivity index (χ0v) is 29.2. The topological polar surface area (TPSA) is 54.3 Å². The van der Waals surface area contributed by atoms with E-state index in [9.17, 15) is 18.0 Å². The highest BCUT2D eigenvalue weighted by Gasteiger charge is 2.35. The van der Waals surface area contributed by atoms with E-state index in [4.69, 9.17) is 4.98 Å². The van der Waals surface area contributed by atoms with Crippen molar-refractivity contribution in [3.63, 3.8) is 0 Å². The third kappa shape index (κ3) is 6.01. The second-order valence-electron chi connectivity index (χ2n) is 13.9. The van der Waals surface area contributed by atoms with Crippen LogP contribution in [0.25, 0.3) is 11.1 Å². The van der Waals surface area contributed by atoms with Gasteiger partial charge < -0.3 is 9.80 Å². The molecule has 1 atom stereocenters. The Morgan fingerprint density at radius 1 is 0.980 bits per heavy atom. The molecule has 2 aliphatic carbocycles. The number of nitrogens with zero attached hydrogens (tertiary/aromatic N) is 5. The Hall–Kier alpha value is -4.44. The number of carbonyl (C=O) groups excluding carboxylic acids is 1. The quantitative estimate of drug-likeness (QED) is 0.167. The molecule has 6 nitrogen and oxygen atoms in total. The van der Waals surface area contributed by atoms with Crippen molar-refractivity contribution in [1.29, 1.82) is 0 Å². The van der Waals surface area contributed by atoms with Crippen LogP contribution in [0.2, 0.25) is 0 Å². The zero-order chi connectivity index (χ0) is 34.6. The molecule has 1 fully saturated rings. The summed E-state index contributed by atoms with van der Waals surface area (Å²) in [5.74, 6) is 0.244. The van der Waals surface area contributed by atoms with Gasteiger partial charge in [-0.15, -0.1) is 11.3 Å². The zero-order valence-electron chi connectivity index (χ0n) is 28.3. The Bertz CT molecular complexity index is 2060. The second-order valence-corrected chi connectivity index (χ2v) is 14.8. The number of anilines is 1. The van der Waals surface area contributed by atoms with E-state index >= 15 is 0 Å². The molecule has 258 valence electrons. The second kappa shape index (κ2) is 13.0. The highest BCUT2D eigenvalue weighted by molar-refractivity contribution is 7.09. The van der Waals surface area contributed by atoms with E-state index in [2.05, 4.69) is 70.7 Å². The van der Waals surface area contributed by atoms with Gasteiger partial charge in [-0.05, 0) is 90.5 Å². The van der Waals surface area contributed by atoms with E-state index in [1.807, 2.05) is 17.3 Å². The van der Waals surface area contributed by atoms with Crippen molar-refractivity contribution in [1.82, 2.24) is 19.7 Å². The first kappa shape index (κ1) is 32.7. The molecule has 3 heterocycles. The third-order valence-electron chi connectivity index (χ3n) is 10.9. The van der Waals surface area contributed by atoms with Gasteiger partial charge in [0.15, 0.2) is 5.69 Å². The van der Waals surface area contributed by atoms with Gasteiger partial charge in [0, 0.05) is 55.8 Å². The van der Waals surface area contributed by atoms with Crippen molar-refractivity contribution >= 4 is 22.9 Å². The Balaban J connectivity index is 1.000. The standard InChI is InChI=1S/C40H40F3N5OS/c1-25-22-36(40(41,42)43)45-48(25)21-18-27-14-15-32-30-11-5-4-9-29(30)23-33(32)37(27)47-19-16-28(17-20-47)38-44-34(24-50-38)39(49)46(2)35-13-7-10-26-8-3-6-12-31(26)35/h3-6,8-9,11-12,14-15,22,24,28,35H,7,10,13,16-21,23H2,1-2H3. The molecule has 1 amide bonds. The average molecular weight is 696 g/mol. The summed E-state index contributed by atoms with van der Waals surface area (Å²) in [5, 5.41) is 6.84. The van der Waals surface area contributed by atoms with Crippen LogP contribution in [-0.4, -0.2) is 45.7 Å². The third-order valence-corrected chi connectivity index (χ3v) is 11.9. The number of aryl methyl sites for hydroxylation is 4. The highest BCUT2D eigenvalue weighted by Crippen LogP contribution is 2.45. The highest BCUT2D eigenvalue weighted by atomic mass is 32.1. The molecule has 0 bridgehead atoms. The molecule has 3 aliphatic rings. The predicted octanol–water partition coefficient (Wildman–Crippen LogP) is 9.01. The summed E-state index contributed by atoms with van der Waals surface area (Å²) in [6.45, 7) is 3.72. The number of amides is 1. The normalized spacial score (nSPS) is 17.4. The van der Waals surface area contributed by atoms with Gasteiger partial charge in [-0.3, -0.25) is 9.48 Å². The van der Waals surface area contributed by atoms with Gasteiger partial charge in [0.1, 0.15) is 5.69 Å². The fourth-order valence-corrected chi connectivity index (χ4v) is 9.28. The molecule has 8 rings (SSSR count). The number of fused-ring (bicyclic) bond motifs is 4. The van der Waals surface area contributed by atoms with Crippen molar-refractivity contribution in [2.24, 2.45) is 0 Å². The fourth-order valence-electron chi connectivity index (χ4n) is 8.32. The maximum atomic E-state index is 13.7. The Labute approximate surface area is 294 Å². The van der Waals surface area contributed by atoms with Gasteiger partial charge in [0.25, 0.3) is 5.91 Å². The van der Waals surface area contributed by atoms with E-state index in [0.717, 1.165) is 68.3 Å². The Morgan fingerprint density at radius 2 is 1.74 bits per heavy atom. The van der Waals surface area contributed by atoms with Crippen LogP contribution in [0.5, 0.6) is 0 Å². The van der Waals surface area contributed by atoms with Crippen LogP contribution >= 0.6 is 11.3 Å². The molecule has 0 N–H and O–H groups in total. The number of halogens is 3. The molecule has 0 spiro atoms. The first-order chi connectivity index (χ1) is 24.2. The smallest absolute Gasteiger partial charge is 0.371 e. The molecule has 2 aromatic heterocycles. The van der Waals surface area contributed by atoms with Crippen LogP contribution in [0.3, 0.4) is 0 Å². The lowest BCUT2D eigenvalue weighted by Crippen LogP contribution is -2.35. The predicted molar refractivity (Wildman–Crippen MR) is 191 cm³/mol. The lowest BCUT2D eigenvalue weighted by atomic mass is 9.87. The largest absolute Gasteiger partial charge is 0.435 e. The molecule has 0 radical (unpaired) electrons. The number of benzene rings is 3. The van der Waals surface area contributed by atoms with Gasteiger partial charge in [-0.2, -0.15) is 18.3 Å². The summed E-state index contributed by atoms with van der Waals surface area (Å²) < 4.78 is 41.6. The van der Waals surface area contributed by atoms with Crippen molar-refractivity contribution in [3.05, 3.63) is 122 Å². The van der Waals surface area contributed by atoms with Crippen LogP contribution in [0.1, 0.15) is 92.3 Å². The minimum Gasteiger partial charge on any atom is -0.371 e. The molecular weight excluding hydrogens is 656 g/mol. The van der Waals surface area contributed by atoms with Crippen LogP contribution in [0, 0.1) is 6.92 Å². The van der Waals surface area contributed by atoms with E-state index in [1.165, 1.54) is 43.7 Å². The maximum absolute atomic E-state index is 13.7. The molecule has 1 unspecified atom stereocenters. The number of rotatable bonds is 7. The van der Waals surface area contributed by atoms with Crippen molar-refractivity contribution in [2.75, 3.05) is 25.0 Å². The lowest BCUT2D eigenvalue weighted by molar-refractivity contribution is -0.141. The number of thiazole rings is 1. The summed E-state index contributed by atoms with van der Waals surface area (Å²) in [5.41, 5.74) is 10.2. The summed E-state index contributed by atoms with van der Waals surface area (Å²) >= 11 is 1.59.